The first-order valence-electron chi connectivity index (χ1n) is 3.66. The predicted octanol–water partition coefficient (Wildman–Crippen LogP) is 0.889. The molecule has 0 saturated carbocycles. The minimum absolute atomic E-state index is 0.145. The third kappa shape index (κ3) is 2.90. The maximum absolute atomic E-state index is 8.91. The second-order valence-corrected chi connectivity index (χ2v) is 4.08. The highest BCUT2D eigenvalue weighted by Crippen LogP contribution is 2.19. The molecule has 0 bridgehead atoms. The van der Waals surface area contributed by atoms with Crippen LogP contribution in [0.25, 0.3) is 0 Å². The average Bonchev–Trinajstić information content (AvgIpc) is 1.75. The van der Waals surface area contributed by atoms with E-state index in [2.05, 4.69) is 0 Å². The highest BCUT2D eigenvalue weighted by Gasteiger charge is 2.17. The Morgan fingerprint density at radius 2 is 2.40 bits per heavy atom. The van der Waals surface area contributed by atoms with Gasteiger partial charge in [-0.2, -0.15) is 11.8 Å². The predicted molar refractivity (Wildman–Crippen MR) is 43.4 cm³/mol. The fraction of sp³-hybridized carbons (Fsp3) is 1.00. The number of thioether (sulfide) groups is 1. The molecule has 1 saturated heterocycles. The van der Waals surface area contributed by atoms with Crippen LogP contribution in [-0.4, -0.2) is 35.4 Å². The van der Waals surface area contributed by atoms with Gasteiger partial charge >= 0.3 is 0 Å². The van der Waals surface area contributed by atoms with Crippen LogP contribution >= 0.6 is 11.8 Å². The Balaban J connectivity index is 1.85. The fourth-order valence-electron chi connectivity index (χ4n) is 0.716. The van der Waals surface area contributed by atoms with E-state index in [0.29, 0.717) is 5.25 Å². The first-order chi connectivity index (χ1) is 4.79. The van der Waals surface area contributed by atoms with Crippen LogP contribution in [0.15, 0.2) is 0 Å². The van der Waals surface area contributed by atoms with E-state index in [1.807, 2.05) is 18.7 Å². The molecule has 10 heavy (non-hydrogen) atoms. The van der Waals surface area contributed by atoms with Gasteiger partial charge in [-0.25, -0.2) is 0 Å². The van der Waals surface area contributed by atoms with Crippen molar-refractivity contribution < 1.29 is 9.84 Å². The first kappa shape index (κ1) is 8.37. The number of aliphatic hydroxyl groups excluding tert-OH is 1. The molecule has 0 aromatic heterocycles. The van der Waals surface area contributed by atoms with Gasteiger partial charge in [0, 0.05) is 0 Å². The van der Waals surface area contributed by atoms with Gasteiger partial charge < -0.3 is 9.84 Å². The van der Waals surface area contributed by atoms with Gasteiger partial charge in [0.1, 0.15) is 0 Å². The molecular weight excluding hydrogens is 148 g/mol. The third-order valence-corrected chi connectivity index (χ3v) is 2.71. The van der Waals surface area contributed by atoms with Crippen LogP contribution < -0.4 is 0 Å². The Labute approximate surface area is 66.0 Å². The smallest absolute Gasteiger partial charge is 0.0607 e. The van der Waals surface area contributed by atoms with Crippen molar-refractivity contribution in [2.24, 2.45) is 0 Å². The maximum Gasteiger partial charge on any atom is 0.0607 e. The van der Waals surface area contributed by atoms with E-state index < -0.39 is 0 Å². The standard InChI is InChI=1S/C7H14O2S/c1-6(8)2-3-10-7-4-9-5-7/h6-8H,2-5H2,1H3. The molecular formula is C7H14O2S. The minimum Gasteiger partial charge on any atom is -0.393 e. The largest absolute Gasteiger partial charge is 0.393 e. The number of hydrogen-bond acceptors (Lipinski definition) is 3. The summed E-state index contributed by atoms with van der Waals surface area (Å²) in [6.07, 6.45) is 0.759. The van der Waals surface area contributed by atoms with E-state index in [4.69, 9.17) is 9.84 Å². The summed E-state index contributed by atoms with van der Waals surface area (Å²) in [5, 5.41) is 9.62. The van der Waals surface area contributed by atoms with E-state index in [9.17, 15) is 0 Å². The molecule has 1 atom stereocenters. The Morgan fingerprint density at radius 3 is 2.80 bits per heavy atom. The molecule has 1 aliphatic rings. The molecule has 2 nitrogen and oxygen atoms in total. The molecule has 0 amide bonds. The lowest BCUT2D eigenvalue weighted by Crippen LogP contribution is -2.30. The summed E-state index contributed by atoms with van der Waals surface area (Å²) >= 11 is 1.91. The quantitative estimate of drug-likeness (QED) is 0.665. The maximum atomic E-state index is 8.91. The van der Waals surface area contributed by atoms with E-state index >= 15 is 0 Å². The fourth-order valence-corrected chi connectivity index (χ4v) is 1.91. The monoisotopic (exact) mass is 162 g/mol. The van der Waals surface area contributed by atoms with Crippen molar-refractivity contribution in [3.63, 3.8) is 0 Å². The van der Waals surface area contributed by atoms with Crippen molar-refractivity contribution in [2.75, 3.05) is 19.0 Å². The lowest BCUT2D eigenvalue weighted by atomic mass is 10.3. The van der Waals surface area contributed by atoms with Crippen molar-refractivity contribution >= 4 is 11.8 Å². The van der Waals surface area contributed by atoms with Crippen LogP contribution in [0.2, 0.25) is 0 Å². The topological polar surface area (TPSA) is 29.5 Å². The minimum atomic E-state index is -0.145. The highest BCUT2D eigenvalue weighted by molar-refractivity contribution is 8.00. The molecule has 3 heteroatoms. The van der Waals surface area contributed by atoms with E-state index in [1.54, 1.807) is 0 Å². The van der Waals surface area contributed by atoms with Crippen LogP contribution in [0.4, 0.5) is 0 Å². The normalized spacial score (nSPS) is 22.2. The Bertz CT molecular complexity index is 91.6. The molecule has 1 fully saturated rings. The summed E-state index contributed by atoms with van der Waals surface area (Å²) in [6, 6.07) is 0. The van der Waals surface area contributed by atoms with E-state index in [-0.39, 0.29) is 6.10 Å². The van der Waals surface area contributed by atoms with Gasteiger partial charge in [0.2, 0.25) is 0 Å². The summed E-state index contributed by atoms with van der Waals surface area (Å²) in [5.41, 5.74) is 0. The number of rotatable bonds is 4. The molecule has 1 unspecified atom stereocenters. The molecule has 1 N–H and O–H groups in total. The van der Waals surface area contributed by atoms with Gasteiger partial charge in [0.25, 0.3) is 0 Å². The van der Waals surface area contributed by atoms with Crippen molar-refractivity contribution in [3.05, 3.63) is 0 Å². The van der Waals surface area contributed by atoms with Gasteiger partial charge in [0.05, 0.1) is 24.6 Å². The van der Waals surface area contributed by atoms with Gasteiger partial charge in [-0.1, -0.05) is 0 Å². The van der Waals surface area contributed by atoms with Gasteiger partial charge in [-0.3, -0.25) is 0 Å². The highest BCUT2D eigenvalue weighted by atomic mass is 32.2. The van der Waals surface area contributed by atoms with Crippen molar-refractivity contribution in [3.8, 4) is 0 Å². The molecule has 1 rings (SSSR count). The lowest BCUT2D eigenvalue weighted by Gasteiger charge is -2.25. The second-order valence-electron chi connectivity index (χ2n) is 2.67. The molecule has 0 spiro atoms. The van der Waals surface area contributed by atoms with Crippen molar-refractivity contribution in [2.45, 2.75) is 24.7 Å². The summed E-state index contributed by atoms with van der Waals surface area (Å²) < 4.78 is 5.01. The van der Waals surface area contributed by atoms with Gasteiger partial charge in [-0.15, -0.1) is 0 Å². The summed E-state index contributed by atoms with van der Waals surface area (Å²) in [4.78, 5) is 0. The molecule has 0 aromatic carbocycles. The number of aliphatic hydroxyl groups is 1. The van der Waals surface area contributed by atoms with Gasteiger partial charge in [-0.05, 0) is 19.1 Å². The second kappa shape index (κ2) is 4.21. The number of ether oxygens (including phenoxy) is 1. The van der Waals surface area contributed by atoms with Crippen molar-refractivity contribution in [1.29, 1.82) is 0 Å². The zero-order valence-electron chi connectivity index (χ0n) is 6.25. The lowest BCUT2D eigenvalue weighted by molar-refractivity contribution is 0.0454. The van der Waals surface area contributed by atoms with E-state index in [1.165, 1.54) is 0 Å². The number of hydrogen-bond donors (Lipinski definition) is 1. The Kier molecular flexibility index (Phi) is 3.52. The van der Waals surface area contributed by atoms with Gasteiger partial charge in [0.15, 0.2) is 0 Å². The average molecular weight is 162 g/mol. The molecule has 0 aromatic rings. The van der Waals surface area contributed by atoms with Crippen LogP contribution in [0.3, 0.4) is 0 Å². The first-order valence-corrected chi connectivity index (χ1v) is 4.71. The zero-order valence-corrected chi connectivity index (χ0v) is 7.06. The van der Waals surface area contributed by atoms with E-state index in [0.717, 1.165) is 25.4 Å². The van der Waals surface area contributed by atoms with Crippen LogP contribution in [0.1, 0.15) is 13.3 Å². The Morgan fingerprint density at radius 1 is 1.70 bits per heavy atom. The van der Waals surface area contributed by atoms with Crippen LogP contribution in [-0.2, 0) is 4.74 Å². The molecule has 1 aliphatic heterocycles. The molecule has 0 radical (unpaired) electrons. The summed E-state index contributed by atoms with van der Waals surface area (Å²) in [5.74, 6) is 1.06. The molecule has 0 aliphatic carbocycles. The Hall–Kier alpha value is 0.270. The summed E-state index contributed by atoms with van der Waals surface area (Å²) in [7, 11) is 0. The van der Waals surface area contributed by atoms with Crippen molar-refractivity contribution in [1.82, 2.24) is 0 Å². The zero-order chi connectivity index (χ0) is 7.40. The third-order valence-electron chi connectivity index (χ3n) is 1.50. The van der Waals surface area contributed by atoms with Crippen LogP contribution in [0, 0.1) is 0 Å². The SMILES string of the molecule is CC(O)CCSC1COC1. The molecule has 1 heterocycles. The molecule has 60 valence electrons. The van der Waals surface area contributed by atoms with Crippen LogP contribution in [0.5, 0.6) is 0 Å². The summed E-state index contributed by atoms with van der Waals surface area (Å²) in [6.45, 7) is 3.65.